The van der Waals surface area contributed by atoms with Gasteiger partial charge in [-0.15, -0.1) is 0 Å². The zero-order chi connectivity index (χ0) is 16.6. The summed E-state index contributed by atoms with van der Waals surface area (Å²) in [6.45, 7) is 4.87. The van der Waals surface area contributed by atoms with Crippen molar-refractivity contribution in [2.45, 2.75) is 38.7 Å². The molecule has 2 atom stereocenters. The van der Waals surface area contributed by atoms with E-state index in [-0.39, 0.29) is 12.5 Å². The second kappa shape index (κ2) is 6.20. The van der Waals surface area contributed by atoms with Gasteiger partial charge in [-0.1, -0.05) is 6.07 Å². The maximum Gasteiger partial charge on any atom is 0.414 e. The number of carbonyl (C=O) groups excluding carboxylic acids is 2. The van der Waals surface area contributed by atoms with Crippen LogP contribution in [0.5, 0.6) is 0 Å². The van der Waals surface area contributed by atoms with Crippen molar-refractivity contribution in [3.05, 3.63) is 28.8 Å². The Morgan fingerprint density at radius 2 is 2.09 bits per heavy atom. The molecule has 3 rings (SSSR count). The molecular weight excluding hydrogens is 296 g/mol. The van der Waals surface area contributed by atoms with Gasteiger partial charge in [-0.2, -0.15) is 0 Å². The summed E-state index contributed by atoms with van der Waals surface area (Å²) in [6.07, 6.45) is 0.533. The zero-order valence-corrected chi connectivity index (χ0v) is 13.5. The molecule has 6 heteroatoms. The molecule has 0 radical (unpaired) electrons. The molecule has 0 spiro atoms. The van der Waals surface area contributed by atoms with Crippen LogP contribution in [0.2, 0.25) is 0 Å². The number of piperidine rings is 1. The average molecular weight is 318 g/mol. The lowest BCUT2D eigenvalue weighted by Gasteiger charge is -2.26. The first-order chi connectivity index (χ1) is 11.0. The standard InChI is InChI=1S/C17H22N2O4/c1-10-6-15(19-8-13(9-20)23-17(19)22)11(2)5-14(10)12-3-4-16(21)18-7-12/h5-6,12-13,20H,3-4,7-9H2,1-2H3,(H,18,21). The predicted octanol–water partition coefficient (Wildman–Crippen LogP) is 1.61. The smallest absolute Gasteiger partial charge is 0.414 e. The first kappa shape index (κ1) is 15.8. The fourth-order valence-corrected chi connectivity index (χ4v) is 3.37. The van der Waals surface area contributed by atoms with Crippen LogP contribution in [0.1, 0.15) is 35.4 Å². The van der Waals surface area contributed by atoms with Crippen LogP contribution in [-0.2, 0) is 9.53 Å². The fourth-order valence-electron chi connectivity index (χ4n) is 3.37. The summed E-state index contributed by atoms with van der Waals surface area (Å²) in [5, 5.41) is 12.1. The molecule has 2 aliphatic heterocycles. The summed E-state index contributed by atoms with van der Waals surface area (Å²) in [5.41, 5.74) is 4.15. The molecule has 0 aliphatic carbocycles. The zero-order valence-electron chi connectivity index (χ0n) is 13.5. The van der Waals surface area contributed by atoms with Crippen molar-refractivity contribution in [3.63, 3.8) is 0 Å². The Labute approximate surface area is 135 Å². The molecule has 23 heavy (non-hydrogen) atoms. The molecule has 6 nitrogen and oxygen atoms in total. The van der Waals surface area contributed by atoms with E-state index < -0.39 is 12.2 Å². The Kier molecular flexibility index (Phi) is 4.26. The Morgan fingerprint density at radius 1 is 1.30 bits per heavy atom. The Hall–Kier alpha value is -2.08. The van der Waals surface area contributed by atoms with Gasteiger partial charge in [0, 0.05) is 18.9 Å². The number of ether oxygens (including phenoxy) is 1. The number of hydrogen-bond donors (Lipinski definition) is 2. The molecule has 0 saturated carbocycles. The van der Waals surface area contributed by atoms with E-state index >= 15 is 0 Å². The fraction of sp³-hybridized carbons (Fsp3) is 0.529. The highest BCUT2D eigenvalue weighted by Gasteiger charge is 2.33. The molecule has 2 amide bonds. The Balaban J connectivity index is 1.86. The van der Waals surface area contributed by atoms with Gasteiger partial charge >= 0.3 is 6.09 Å². The topological polar surface area (TPSA) is 78.9 Å². The van der Waals surface area contributed by atoms with E-state index in [0.717, 1.165) is 23.2 Å². The van der Waals surface area contributed by atoms with Crippen LogP contribution in [0.25, 0.3) is 0 Å². The van der Waals surface area contributed by atoms with E-state index in [1.807, 2.05) is 19.9 Å². The van der Waals surface area contributed by atoms with Crippen molar-refractivity contribution in [3.8, 4) is 0 Å². The minimum atomic E-state index is -0.463. The number of cyclic esters (lactones) is 1. The number of anilines is 1. The highest BCUT2D eigenvalue weighted by molar-refractivity contribution is 5.91. The molecule has 2 fully saturated rings. The first-order valence-corrected chi connectivity index (χ1v) is 7.96. The number of nitrogens with one attached hydrogen (secondary N) is 1. The number of nitrogens with zero attached hydrogens (tertiary/aromatic N) is 1. The second-order valence-electron chi connectivity index (χ2n) is 6.33. The van der Waals surface area contributed by atoms with Crippen LogP contribution in [0.4, 0.5) is 10.5 Å². The van der Waals surface area contributed by atoms with Crippen molar-refractivity contribution in [2.24, 2.45) is 0 Å². The number of aliphatic hydroxyl groups excluding tert-OH is 1. The number of benzene rings is 1. The third kappa shape index (κ3) is 3.03. The molecule has 0 bridgehead atoms. The average Bonchev–Trinajstić information content (AvgIpc) is 2.91. The van der Waals surface area contributed by atoms with Crippen molar-refractivity contribution in [1.29, 1.82) is 0 Å². The molecule has 124 valence electrons. The normalized spacial score (nSPS) is 24.6. The van der Waals surface area contributed by atoms with Gasteiger partial charge in [-0.25, -0.2) is 4.79 Å². The van der Waals surface area contributed by atoms with Gasteiger partial charge in [0.2, 0.25) is 5.91 Å². The molecule has 2 unspecified atom stereocenters. The van der Waals surface area contributed by atoms with Gasteiger partial charge in [0.1, 0.15) is 6.10 Å². The van der Waals surface area contributed by atoms with E-state index in [1.165, 1.54) is 5.56 Å². The summed E-state index contributed by atoms with van der Waals surface area (Å²) in [4.78, 5) is 24.9. The lowest BCUT2D eigenvalue weighted by atomic mass is 9.87. The number of aryl methyl sites for hydroxylation is 2. The van der Waals surface area contributed by atoms with E-state index in [4.69, 9.17) is 9.84 Å². The Morgan fingerprint density at radius 3 is 2.70 bits per heavy atom. The summed E-state index contributed by atoms with van der Waals surface area (Å²) in [7, 11) is 0. The largest absolute Gasteiger partial charge is 0.441 e. The van der Waals surface area contributed by atoms with E-state index in [9.17, 15) is 9.59 Å². The van der Waals surface area contributed by atoms with Crippen LogP contribution in [-0.4, -0.2) is 42.9 Å². The number of amides is 2. The van der Waals surface area contributed by atoms with Gasteiger partial charge in [0.05, 0.1) is 18.8 Å². The predicted molar refractivity (Wildman–Crippen MR) is 85.6 cm³/mol. The monoisotopic (exact) mass is 318 g/mol. The summed E-state index contributed by atoms with van der Waals surface area (Å²) < 4.78 is 5.12. The van der Waals surface area contributed by atoms with Crippen molar-refractivity contribution >= 4 is 17.7 Å². The van der Waals surface area contributed by atoms with Gasteiger partial charge in [0.15, 0.2) is 0 Å². The van der Waals surface area contributed by atoms with Crippen LogP contribution in [0, 0.1) is 13.8 Å². The SMILES string of the molecule is Cc1cc(N2CC(CO)OC2=O)c(C)cc1C1CCC(=O)NC1. The Bertz CT molecular complexity index is 634. The van der Waals surface area contributed by atoms with Crippen LogP contribution >= 0.6 is 0 Å². The lowest BCUT2D eigenvalue weighted by molar-refractivity contribution is -0.122. The van der Waals surface area contributed by atoms with Crippen LogP contribution in [0.3, 0.4) is 0 Å². The number of aliphatic hydroxyl groups is 1. The highest BCUT2D eigenvalue weighted by atomic mass is 16.6. The minimum Gasteiger partial charge on any atom is -0.441 e. The lowest BCUT2D eigenvalue weighted by Crippen LogP contribution is -2.34. The maximum absolute atomic E-state index is 12.0. The van der Waals surface area contributed by atoms with E-state index in [1.54, 1.807) is 4.90 Å². The minimum absolute atomic E-state index is 0.113. The van der Waals surface area contributed by atoms with Gasteiger partial charge in [-0.3, -0.25) is 9.69 Å². The third-order valence-corrected chi connectivity index (χ3v) is 4.66. The summed E-state index contributed by atoms with van der Waals surface area (Å²) in [5.74, 6) is 0.429. The summed E-state index contributed by atoms with van der Waals surface area (Å²) in [6, 6.07) is 4.11. The molecule has 2 saturated heterocycles. The molecule has 2 heterocycles. The van der Waals surface area contributed by atoms with E-state index in [0.29, 0.717) is 25.4 Å². The highest BCUT2D eigenvalue weighted by Crippen LogP contribution is 2.33. The van der Waals surface area contributed by atoms with Crippen molar-refractivity contribution in [2.75, 3.05) is 24.6 Å². The molecule has 2 N–H and O–H groups in total. The molecule has 2 aliphatic rings. The molecule has 0 aromatic heterocycles. The van der Waals surface area contributed by atoms with Crippen molar-refractivity contribution in [1.82, 2.24) is 5.32 Å². The van der Waals surface area contributed by atoms with Crippen LogP contribution < -0.4 is 10.2 Å². The van der Waals surface area contributed by atoms with Crippen LogP contribution in [0.15, 0.2) is 12.1 Å². The van der Waals surface area contributed by atoms with Gasteiger partial charge in [-0.05, 0) is 43.0 Å². The van der Waals surface area contributed by atoms with Crippen molar-refractivity contribution < 1.29 is 19.4 Å². The molecule has 1 aromatic rings. The maximum atomic E-state index is 12.0. The molecule has 1 aromatic carbocycles. The second-order valence-corrected chi connectivity index (χ2v) is 6.33. The number of hydrogen-bond acceptors (Lipinski definition) is 4. The molecular formula is C17H22N2O4. The van der Waals surface area contributed by atoms with Gasteiger partial charge in [0.25, 0.3) is 0 Å². The summed E-state index contributed by atoms with van der Waals surface area (Å²) >= 11 is 0. The quantitative estimate of drug-likeness (QED) is 0.887. The van der Waals surface area contributed by atoms with E-state index in [2.05, 4.69) is 11.4 Å². The third-order valence-electron chi connectivity index (χ3n) is 4.66. The number of carbonyl (C=O) groups is 2. The van der Waals surface area contributed by atoms with Gasteiger partial charge < -0.3 is 15.2 Å². The first-order valence-electron chi connectivity index (χ1n) is 7.96. The number of rotatable bonds is 3.